The number of hydrogen-bond donors (Lipinski definition) is 1. The Balaban J connectivity index is 2.24. The maximum atomic E-state index is 11.9. The van der Waals surface area contributed by atoms with Gasteiger partial charge in [0.15, 0.2) is 0 Å². The molecule has 2 rings (SSSR count). The number of amides is 1. The first-order chi connectivity index (χ1) is 8.56. The highest BCUT2D eigenvalue weighted by atomic mass is 35.5. The van der Waals surface area contributed by atoms with Gasteiger partial charge < -0.3 is 0 Å². The number of halogens is 2. The van der Waals surface area contributed by atoms with E-state index >= 15 is 0 Å². The number of nitrogens with one attached hydrogen (secondary N) is 1. The molecule has 2 aromatic heterocycles. The summed E-state index contributed by atoms with van der Waals surface area (Å²) >= 11 is 11.6. The van der Waals surface area contributed by atoms with E-state index in [1.165, 1.54) is 6.20 Å². The minimum absolute atomic E-state index is 0.119. The van der Waals surface area contributed by atoms with E-state index in [2.05, 4.69) is 20.3 Å². The molecular formula is C11H8Cl2N4O. The van der Waals surface area contributed by atoms with Gasteiger partial charge in [-0.1, -0.05) is 23.2 Å². The number of hydrogen-bond acceptors (Lipinski definition) is 4. The molecule has 0 aromatic carbocycles. The summed E-state index contributed by atoms with van der Waals surface area (Å²) in [4.78, 5) is 23.6. The van der Waals surface area contributed by atoms with Gasteiger partial charge in [0.05, 0.1) is 5.56 Å². The number of aromatic nitrogens is 3. The van der Waals surface area contributed by atoms with Crippen LogP contribution < -0.4 is 5.32 Å². The van der Waals surface area contributed by atoms with Crippen LogP contribution in [0.2, 0.25) is 10.3 Å². The van der Waals surface area contributed by atoms with Gasteiger partial charge in [-0.25, -0.2) is 15.0 Å². The standard InChI is InChI=1S/C11H8Cl2N4O/c1-6-5-8(12)16-11(15-6)17-10(18)7-3-2-4-14-9(7)13/h2-5H,1H3,(H,15,16,17,18). The van der Waals surface area contributed by atoms with Crippen LogP contribution in [-0.4, -0.2) is 20.9 Å². The highest BCUT2D eigenvalue weighted by molar-refractivity contribution is 6.33. The van der Waals surface area contributed by atoms with E-state index < -0.39 is 5.91 Å². The Morgan fingerprint density at radius 1 is 1.33 bits per heavy atom. The first-order valence-corrected chi connectivity index (χ1v) is 5.75. The number of pyridine rings is 1. The van der Waals surface area contributed by atoms with Crippen molar-refractivity contribution >= 4 is 35.1 Å². The van der Waals surface area contributed by atoms with Crippen molar-refractivity contribution in [3.63, 3.8) is 0 Å². The van der Waals surface area contributed by atoms with Crippen LogP contribution in [-0.2, 0) is 0 Å². The van der Waals surface area contributed by atoms with E-state index in [-0.39, 0.29) is 21.8 Å². The lowest BCUT2D eigenvalue weighted by Gasteiger charge is -2.05. The summed E-state index contributed by atoms with van der Waals surface area (Å²) in [5.41, 5.74) is 0.906. The number of carbonyl (C=O) groups is 1. The molecule has 1 amide bonds. The van der Waals surface area contributed by atoms with Gasteiger partial charge in [0.25, 0.3) is 5.91 Å². The second-order valence-corrected chi connectivity index (χ2v) is 4.20. The van der Waals surface area contributed by atoms with Crippen LogP contribution in [0.1, 0.15) is 16.1 Å². The topological polar surface area (TPSA) is 67.8 Å². The number of rotatable bonds is 2. The second kappa shape index (κ2) is 5.29. The van der Waals surface area contributed by atoms with Crippen molar-refractivity contribution in [3.05, 3.63) is 46.0 Å². The molecule has 0 fully saturated rings. The highest BCUT2D eigenvalue weighted by Gasteiger charge is 2.12. The maximum Gasteiger partial charge on any atom is 0.261 e. The molecule has 0 aliphatic rings. The van der Waals surface area contributed by atoms with Crippen molar-refractivity contribution in [1.82, 2.24) is 15.0 Å². The van der Waals surface area contributed by atoms with E-state index in [9.17, 15) is 4.79 Å². The summed E-state index contributed by atoms with van der Waals surface area (Å²) in [5.74, 6) is -0.306. The predicted octanol–water partition coefficient (Wildman–Crippen LogP) is 2.74. The Hall–Kier alpha value is -1.72. The second-order valence-electron chi connectivity index (χ2n) is 3.45. The fourth-order valence-electron chi connectivity index (χ4n) is 1.31. The molecule has 0 spiro atoms. The molecule has 0 aliphatic heterocycles. The smallest absolute Gasteiger partial charge is 0.261 e. The van der Waals surface area contributed by atoms with E-state index in [1.54, 1.807) is 25.1 Å². The summed E-state index contributed by atoms with van der Waals surface area (Å²) < 4.78 is 0. The third-order valence-corrected chi connectivity index (χ3v) is 2.55. The predicted molar refractivity (Wildman–Crippen MR) is 69.0 cm³/mol. The van der Waals surface area contributed by atoms with Gasteiger partial charge in [-0.05, 0) is 25.1 Å². The molecule has 7 heteroatoms. The van der Waals surface area contributed by atoms with Crippen molar-refractivity contribution in [2.24, 2.45) is 0 Å². The van der Waals surface area contributed by atoms with Crippen molar-refractivity contribution < 1.29 is 4.79 Å². The average Bonchev–Trinajstić information content (AvgIpc) is 2.27. The molecular weight excluding hydrogens is 275 g/mol. The summed E-state index contributed by atoms with van der Waals surface area (Å²) in [6.45, 7) is 1.75. The van der Waals surface area contributed by atoms with Gasteiger partial charge in [-0.2, -0.15) is 0 Å². The van der Waals surface area contributed by atoms with E-state index in [0.717, 1.165) is 0 Å². The Kier molecular flexibility index (Phi) is 3.74. The molecule has 2 aromatic rings. The summed E-state index contributed by atoms with van der Waals surface area (Å²) in [6.07, 6.45) is 1.50. The molecule has 0 saturated heterocycles. The van der Waals surface area contributed by atoms with Crippen LogP contribution in [0.15, 0.2) is 24.4 Å². The van der Waals surface area contributed by atoms with E-state index in [1.807, 2.05) is 0 Å². The molecule has 0 unspecified atom stereocenters. The summed E-state index contributed by atoms with van der Waals surface area (Å²) in [7, 11) is 0. The zero-order valence-corrected chi connectivity index (χ0v) is 10.8. The van der Waals surface area contributed by atoms with Gasteiger partial charge in [-0.3, -0.25) is 10.1 Å². The quantitative estimate of drug-likeness (QED) is 0.679. The van der Waals surface area contributed by atoms with Gasteiger partial charge in [0, 0.05) is 11.9 Å². The Morgan fingerprint density at radius 3 is 2.78 bits per heavy atom. The molecule has 1 N–H and O–H groups in total. The fraction of sp³-hybridized carbons (Fsp3) is 0.0909. The molecule has 0 atom stereocenters. The molecule has 0 radical (unpaired) electrons. The number of carbonyl (C=O) groups excluding carboxylic acids is 1. The van der Waals surface area contributed by atoms with Gasteiger partial charge in [0.1, 0.15) is 10.3 Å². The summed E-state index contributed by atoms with van der Waals surface area (Å²) in [5, 5.41) is 2.89. The lowest BCUT2D eigenvalue weighted by Crippen LogP contribution is -2.15. The third-order valence-electron chi connectivity index (χ3n) is 2.05. The van der Waals surface area contributed by atoms with Gasteiger partial charge in [0.2, 0.25) is 5.95 Å². The Labute approximate surface area is 113 Å². The molecule has 92 valence electrons. The maximum absolute atomic E-state index is 11.9. The Morgan fingerprint density at radius 2 is 2.11 bits per heavy atom. The molecule has 0 aliphatic carbocycles. The third kappa shape index (κ3) is 2.94. The van der Waals surface area contributed by atoms with Crippen LogP contribution in [0.3, 0.4) is 0 Å². The summed E-state index contributed by atoms with van der Waals surface area (Å²) in [6, 6.07) is 4.77. The fourth-order valence-corrected chi connectivity index (χ4v) is 1.75. The molecule has 0 saturated carbocycles. The van der Waals surface area contributed by atoms with E-state index in [4.69, 9.17) is 23.2 Å². The lowest BCUT2D eigenvalue weighted by atomic mass is 10.3. The lowest BCUT2D eigenvalue weighted by molar-refractivity contribution is 0.102. The van der Waals surface area contributed by atoms with Crippen molar-refractivity contribution in [3.8, 4) is 0 Å². The van der Waals surface area contributed by atoms with Crippen LogP contribution in [0, 0.1) is 6.92 Å². The highest BCUT2D eigenvalue weighted by Crippen LogP contribution is 2.14. The zero-order valence-electron chi connectivity index (χ0n) is 9.32. The molecule has 5 nitrogen and oxygen atoms in total. The van der Waals surface area contributed by atoms with Crippen LogP contribution in [0.4, 0.5) is 5.95 Å². The first kappa shape index (κ1) is 12.7. The number of nitrogens with zero attached hydrogens (tertiary/aromatic N) is 3. The molecule has 2 heterocycles. The van der Waals surface area contributed by atoms with Gasteiger partial charge >= 0.3 is 0 Å². The van der Waals surface area contributed by atoms with Crippen LogP contribution in [0.5, 0.6) is 0 Å². The van der Waals surface area contributed by atoms with Crippen LogP contribution >= 0.6 is 23.2 Å². The monoisotopic (exact) mass is 282 g/mol. The van der Waals surface area contributed by atoms with Crippen molar-refractivity contribution in [1.29, 1.82) is 0 Å². The normalized spacial score (nSPS) is 10.2. The number of aryl methyl sites for hydroxylation is 1. The SMILES string of the molecule is Cc1cc(Cl)nc(NC(=O)c2cccnc2Cl)n1. The van der Waals surface area contributed by atoms with Gasteiger partial charge in [-0.15, -0.1) is 0 Å². The van der Waals surface area contributed by atoms with Crippen LogP contribution in [0.25, 0.3) is 0 Å². The van der Waals surface area contributed by atoms with Crippen molar-refractivity contribution in [2.45, 2.75) is 6.92 Å². The molecule has 0 bridgehead atoms. The minimum Gasteiger partial charge on any atom is -0.290 e. The first-order valence-electron chi connectivity index (χ1n) is 4.99. The number of anilines is 1. The average molecular weight is 283 g/mol. The van der Waals surface area contributed by atoms with Crippen molar-refractivity contribution in [2.75, 3.05) is 5.32 Å². The minimum atomic E-state index is -0.435. The Bertz CT molecular complexity index is 583. The largest absolute Gasteiger partial charge is 0.290 e. The zero-order chi connectivity index (χ0) is 13.1. The molecule has 18 heavy (non-hydrogen) atoms. The van der Waals surface area contributed by atoms with E-state index in [0.29, 0.717) is 5.69 Å².